The topological polar surface area (TPSA) is 25.8 Å². The highest BCUT2D eigenvalue weighted by Gasteiger charge is 2.26. The Labute approximate surface area is 420 Å². The molecule has 72 heavy (non-hydrogen) atoms. The van der Waals surface area contributed by atoms with Gasteiger partial charge in [0.15, 0.2) is 0 Å². The summed E-state index contributed by atoms with van der Waals surface area (Å²) < 4.78 is 0. The van der Waals surface area contributed by atoms with E-state index in [1.54, 1.807) is 0 Å². The van der Waals surface area contributed by atoms with Crippen molar-refractivity contribution < 1.29 is 0 Å². The van der Waals surface area contributed by atoms with Gasteiger partial charge in [-0.25, -0.2) is 9.97 Å². The van der Waals surface area contributed by atoms with Crippen molar-refractivity contribution in [2.45, 2.75) is 66.2 Å². The fourth-order valence-corrected chi connectivity index (χ4v) is 12.5. The molecule has 0 fully saturated rings. The summed E-state index contributed by atoms with van der Waals surface area (Å²) >= 11 is 0. The lowest BCUT2D eigenvalue weighted by molar-refractivity contribution is 0.867. The van der Waals surface area contributed by atoms with Crippen LogP contribution in [-0.4, -0.2) is 9.97 Å². The Morgan fingerprint density at radius 3 is 1.11 bits per heavy atom. The average molecular weight is 923 g/mol. The van der Waals surface area contributed by atoms with Gasteiger partial charge in [0.25, 0.3) is 0 Å². The van der Waals surface area contributed by atoms with Crippen LogP contribution in [-0.2, 0) is 12.8 Å². The first kappa shape index (κ1) is 42.7. The van der Waals surface area contributed by atoms with Crippen molar-refractivity contribution in [3.05, 3.63) is 204 Å². The number of hydrogen-bond acceptors (Lipinski definition) is 2. The van der Waals surface area contributed by atoms with Gasteiger partial charge in [-0.15, -0.1) is 0 Å². The SMILES string of the molecule is CCc1cc(-c2c3cc(-c4ccc(C(C)C)cc4)ccc3c3nc4ccc5c(-c6cc(CC)c7ccccc7c6)c6cc(-c7ccc(C(C)C)cc7)ccc6c6nc7ccc2c3c7c4c56)cc2ccccc12. The van der Waals surface area contributed by atoms with Crippen LogP contribution in [0.3, 0.4) is 0 Å². The summed E-state index contributed by atoms with van der Waals surface area (Å²) in [5.74, 6) is 0.947. The summed E-state index contributed by atoms with van der Waals surface area (Å²) in [7, 11) is 0. The zero-order valence-corrected chi connectivity index (χ0v) is 41.8. The third-order valence-corrected chi connectivity index (χ3v) is 16.2. The lowest BCUT2D eigenvalue weighted by Crippen LogP contribution is -1.99. The highest BCUT2D eigenvalue weighted by atomic mass is 14.7. The normalized spacial score (nSPS) is 12.4. The summed E-state index contributed by atoms with van der Waals surface area (Å²) in [4.78, 5) is 11.6. The highest BCUT2D eigenvalue weighted by Crippen LogP contribution is 2.51. The molecule has 0 atom stereocenters. The Kier molecular flexibility index (Phi) is 9.58. The molecule has 0 saturated carbocycles. The Balaban J connectivity index is 1.12. The largest absolute Gasteiger partial charge is 0.247 e. The molecule has 2 aromatic heterocycles. The molecule has 0 amide bonds. The van der Waals surface area contributed by atoms with Gasteiger partial charge in [-0.3, -0.25) is 0 Å². The van der Waals surface area contributed by atoms with E-state index in [1.807, 2.05) is 0 Å². The van der Waals surface area contributed by atoms with E-state index in [-0.39, 0.29) is 0 Å². The molecule has 0 radical (unpaired) electrons. The predicted molar refractivity (Wildman–Crippen MR) is 311 cm³/mol. The van der Waals surface area contributed by atoms with E-state index in [2.05, 4.69) is 224 Å². The molecule has 0 unspecified atom stereocenters. The van der Waals surface area contributed by atoms with Crippen LogP contribution in [0.5, 0.6) is 0 Å². The molecular weight excluding hydrogens is 869 g/mol. The second kappa shape index (κ2) is 16.2. The maximum atomic E-state index is 5.81. The van der Waals surface area contributed by atoms with Crippen LogP contribution in [0.4, 0.5) is 0 Å². The number of aromatic nitrogens is 2. The molecule has 0 aliphatic rings. The van der Waals surface area contributed by atoms with E-state index in [0.717, 1.165) is 45.7 Å². The van der Waals surface area contributed by atoms with Gasteiger partial charge >= 0.3 is 0 Å². The molecule has 0 bridgehead atoms. The molecule has 0 aliphatic heterocycles. The highest BCUT2D eigenvalue weighted by molar-refractivity contribution is 6.41. The molecular formula is C70H54N2. The number of aryl methyl sites for hydroxylation is 2. The number of fused-ring (bicyclic) bond motifs is 6. The summed E-state index contributed by atoms with van der Waals surface area (Å²) in [5.41, 5.74) is 19.3. The van der Waals surface area contributed by atoms with Crippen molar-refractivity contribution in [2.75, 3.05) is 0 Å². The van der Waals surface area contributed by atoms with Gasteiger partial charge in [-0.1, -0.05) is 187 Å². The Bertz CT molecular complexity index is 4210. The fraction of sp³-hybridized carbons (Fsp3) is 0.143. The van der Waals surface area contributed by atoms with Gasteiger partial charge < -0.3 is 0 Å². The summed E-state index contributed by atoms with van der Waals surface area (Å²) in [5, 5.41) is 17.1. The van der Waals surface area contributed by atoms with Crippen molar-refractivity contribution in [1.82, 2.24) is 9.97 Å². The zero-order chi connectivity index (χ0) is 48.5. The Morgan fingerprint density at radius 2 is 0.708 bits per heavy atom. The molecule has 344 valence electrons. The third kappa shape index (κ3) is 6.34. The second-order valence-electron chi connectivity index (χ2n) is 20.9. The number of pyridine rings is 2. The molecule has 2 nitrogen and oxygen atoms in total. The number of benzene rings is 12. The molecule has 12 aromatic carbocycles. The van der Waals surface area contributed by atoms with Gasteiger partial charge in [-0.05, 0) is 171 Å². The van der Waals surface area contributed by atoms with Crippen LogP contribution in [0.2, 0.25) is 0 Å². The van der Waals surface area contributed by atoms with Gasteiger partial charge in [0.1, 0.15) is 0 Å². The molecule has 0 aliphatic carbocycles. The lowest BCUT2D eigenvalue weighted by atomic mass is 9.83. The molecule has 0 spiro atoms. The summed E-state index contributed by atoms with van der Waals surface area (Å²) in [6, 6.07) is 69.2. The maximum absolute atomic E-state index is 5.81. The van der Waals surface area contributed by atoms with Crippen molar-refractivity contribution in [3.8, 4) is 44.5 Å². The van der Waals surface area contributed by atoms with E-state index < -0.39 is 0 Å². The van der Waals surface area contributed by atoms with Crippen molar-refractivity contribution in [2.24, 2.45) is 0 Å². The Morgan fingerprint density at radius 1 is 0.319 bits per heavy atom. The minimum atomic E-state index is 0.474. The second-order valence-corrected chi connectivity index (χ2v) is 20.9. The monoisotopic (exact) mass is 922 g/mol. The minimum absolute atomic E-state index is 0.474. The van der Waals surface area contributed by atoms with Crippen molar-refractivity contribution in [3.63, 3.8) is 0 Å². The van der Waals surface area contributed by atoms with Gasteiger partial charge in [0, 0.05) is 32.3 Å². The first-order valence-corrected chi connectivity index (χ1v) is 26.1. The minimum Gasteiger partial charge on any atom is -0.247 e. The quantitative estimate of drug-likeness (QED) is 0.112. The van der Waals surface area contributed by atoms with Gasteiger partial charge in [0.05, 0.1) is 22.1 Å². The first-order chi connectivity index (χ1) is 35.2. The van der Waals surface area contributed by atoms with E-state index in [0.29, 0.717) is 11.8 Å². The summed E-state index contributed by atoms with van der Waals surface area (Å²) in [6.07, 6.45) is 1.89. The number of hydrogen-bond donors (Lipinski definition) is 0. The lowest BCUT2D eigenvalue weighted by Gasteiger charge is -2.23. The molecule has 2 heterocycles. The number of rotatable bonds is 8. The molecule has 0 N–H and O–H groups in total. The van der Waals surface area contributed by atoms with Crippen LogP contribution in [0, 0.1) is 0 Å². The maximum Gasteiger partial charge on any atom is 0.0801 e. The van der Waals surface area contributed by atoms with Crippen molar-refractivity contribution >= 4 is 97.5 Å². The predicted octanol–water partition coefficient (Wildman–Crippen LogP) is 19.8. The van der Waals surface area contributed by atoms with E-state index >= 15 is 0 Å². The zero-order valence-electron chi connectivity index (χ0n) is 41.8. The average Bonchev–Trinajstić information content (AvgIpc) is 3.42. The third-order valence-electron chi connectivity index (χ3n) is 16.2. The van der Waals surface area contributed by atoms with Crippen molar-refractivity contribution in [1.29, 1.82) is 0 Å². The molecule has 0 saturated heterocycles. The Hall–Kier alpha value is -8.20. The van der Waals surface area contributed by atoms with Crippen LogP contribution in [0.1, 0.15) is 75.6 Å². The van der Waals surface area contributed by atoms with Crippen LogP contribution in [0.25, 0.3) is 142 Å². The fourth-order valence-electron chi connectivity index (χ4n) is 12.5. The molecule has 14 rings (SSSR count). The van der Waals surface area contributed by atoms with Gasteiger partial charge in [-0.2, -0.15) is 0 Å². The molecule has 2 heteroatoms. The van der Waals surface area contributed by atoms with E-state index in [4.69, 9.17) is 9.97 Å². The first-order valence-electron chi connectivity index (χ1n) is 26.1. The smallest absolute Gasteiger partial charge is 0.0801 e. The summed E-state index contributed by atoms with van der Waals surface area (Å²) in [6.45, 7) is 13.6. The van der Waals surface area contributed by atoms with E-state index in [1.165, 1.54) is 131 Å². The molecule has 14 aromatic rings. The number of nitrogens with zero attached hydrogens (tertiary/aromatic N) is 2. The van der Waals surface area contributed by atoms with Crippen LogP contribution in [0.15, 0.2) is 182 Å². The van der Waals surface area contributed by atoms with Gasteiger partial charge in [0.2, 0.25) is 0 Å². The standard InChI is InChI=1S/C70H54N2/c1-7-41-33-51(35-49-13-9-11-15-53(41)49)63-57-29-31-61-67-65(57)69(55-27-25-47(37-59(55)63)45-21-17-43(18-22-45)39(3)4)71-62-32-30-58-64(52-34-42(8-2)54-16-12-10-14-50(54)36-52)60-38-48(46-23-19-44(20-24-46)40(5)6)26-28-56(60)70(72-61)66(58)68(62)67/h9-40H,7-8H2,1-6H3. The van der Waals surface area contributed by atoms with Crippen LogP contribution < -0.4 is 0 Å². The van der Waals surface area contributed by atoms with Crippen LogP contribution >= 0.6 is 0 Å². The van der Waals surface area contributed by atoms with E-state index in [9.17, 15) is 0 Å².